The zero-order chi connectivity index (χ0) is 18.0. The lowest BCUT2D eigenvalue weighted by Gasteiger charge is -2.21. The van der Waals surface area contributed by atoms with Crippen LogP contribution in [0.1, 0.15) is 41.0 Å². The van der Waals surface area contributed by atoms with E-state index in [1.807, 2.05) is 0 Å². The summed E-state index contributed by atoms with van der Waals surface area (Å²) in [6.07, 6.45) is 0.533. The Morgan fingerprint density at radius 2 is 1.78 bits per heavy atom. The zero-order valence-corrected chi connectivity index (χ0v) is 14.6. The molecule has 5 nitrogen and oxygen atoms in total. The largest absolute Gasteiger partial charge is 0.323 e. The van der Waals surface area contributed by atoms with Crippen molar-refractivity contribution in [3.8, 4) is 0 Å². The lowest BCUT2D eigenvalue weighted by molar-refractivity contribution is -0.119. The number of halogens is 2. The Morgan fingerprint density at radius 1 is 1.22 bits per heavy atom. The number of sulfonamides is 1. The van der Waals surface area contributed by atoms with Crippen LogP contribution in [0.15, 0.2) is 17.0 Å². The summed E-state index contributed by atoms with van der Waals surface area (Å²) >= 11 is 0. The molecule has 0 aliphatic carbocycles. The Morgan fingerprint density at radius 3 is 2.26 bits per heavy atom. The third kappa shape index (κ3) is 5.24. The average Bonchev–Trinajstić information content (AvgIpc) is 2.37. The minimum atomic E-state index is -4.19. The minimum absolute atomic E-state index is 0.369. The Balaban J connectivity index is 3.27. The highest BCUT2D eigenvalue weighted by atomic mass is 32.2. The van der Waals surface area contributed by atoms with Gasteiger partial charge in [0.25, 0.3) is 0 Å². The first-order valence-electron chi connectivity index (χ1n) is 7.21. The molecule has 1 atom stereocenters. The lowest BCUT2D eigenvalue weighted by Crippen LogP contribution is -2.40. The molecule has 0 aromatic heterocycles. The Hall–Kier alpha value is -1.54. The summed E-state index contributed by atoms with van der Waals surface area (Å²) in [6.45, 7) is 8.22. The van der Waals surface area contributed by atoms with Crippen molar-refractivity contribution in [1.29, 1.82) is 0 Å². The van der Waals surface area contributed by atoms with E-state index in [0.717, 1.165) is 6.07 Å². The molecule has 0 radical (unpaired) electrons. The molecule has 0 saturated heterocycles. The number of hydrogen-bond donors (Lipinski definition) is 2. The van der Waals surface area contributed by atoms with Crippen molar-refractivity contribution < 1.29 is 22.0 Å². The van der Waals surface area contributed by atoms with E-state index in [-0.39, 0.29) is 11.6 Å². The van der Waals surface area contributed by atoms with E-state index in [4.69, 9.17) is 0 Å². The predicted octanol–water partition coefficient (Wildman–Crippen LogP) is 3.03. The van der Waals surface area contributed by atoms with Gasteiger partial charge >= 0.3 is 0 Å². The minimum Gasteiger partial charge on any atom is -0.323 e. The number of benzene rings is 1. The Labute approximate surface area is 135 Å². The summed E-state index contributed by atoms with van der Waals surface area (Å²) < 4.78 is 54.4. The molecular formula is C15H22F2N2O3S. The van der Waals surface area contributed by atoms with Gasteiger partial charge in [-0.15, -0.1) is 0 Å². The van der Waals surface area contributed by atoms with Crippen LogP contribution in [-0.2, 0) is 14.8 Å². The molecule has 0 fully saturated rings. The van der Waals surface area contributed by atoms with Crippen LogP contribution in [0.4, 0.5) is 14.5 Å². The maximum absolute atomic E-state index is 13.9. The lowest BCUT2D eigenvalue weighted by atomic mass is 10.1. The second-order valence-electron chi connectivity index (χ2n) is 6.42. The van der Waals surface area contributed by atoms with Crippen LogP contribution in [-0.4, -0.2) is 19.9 Å². The molecule has 0 bridgehead atoms. The fraction of sp³-hybridized carbons (Fsp3) is 0.533. The molecule has 8 heteroatoms. The Kier molecular flexibility index (Phi) is 5.87. The van der Waals surface area contributed by atoms with Crippen LogP contribution < -0.4 is 10.0 Å². The van der Waals surface area contributed by atoms with Gasteiger partial charge in [-0.05, 0) is 33.3 Å². The van der Waals surface area contributed by atoms with Gasteiger partial charge in [-0.3, -0.25) is 4.79 Å². The number of nitrogens with one attached hydrogen (secondary N) is 2. The van der Waals surface area contributed by atoms with Gasteiger partial charge in [0.2, 0.25) is 15.9 Å². The average molecular weight is 348 g/mol. The highest BCUT2D eigenvalue weighted by molar-refractivity contribution is 7.89. The molecular weight excluding hydrogens is 326 g/mol. The van der Waals surface area contributed by atoms with Gasteiger partial charge in [0.15, 0.2) is 0 Å². The highest BCUT2D eigenvalue weighted by Gasteiger charge is 2.27. The number of anilines is 1. The van der Waals surface area contributed by atoms with Crippen LogP contribution in [0.5, 0.6) is 0 Å². The maximum Gasteiger partial charge on any atom is 0.244 e. The summed E-state index contributed by atoms with van der Waals surface area (Å²) in [4.78, 5) is 11.1. The van der Waals surface area contributed by atoms with E-state index in [2.05, 4.69) is 10.0 Å². The number of carbonyl (C=O) groups is 1. The molecule has 0 saturated carbocycles. The first-order chi connectivity index (χ1) is 10.4. The van der Waals surface area contributed by atoms with E-state index in [0.29, 0.717) is 12.5 Å². The monoisotopic (exact) mass is 348 g/mol. The van der Waals surface area contributed by atoms with Crippen molar-refractivity contribution in [2.75, 3.05) is 5.32 Å². The van der Waals surface area contributed by atoms with E-state index in [1.165, 1.54) is 0 Å². The van der Waals surface area contributed by atoms with Gasteiger partial charge in [-0.1, -0.05) is 13.8 Å². The van der Waals surface area contributed by atoms with Crippen molar-refractivity contribution in [2.45, 2.75) is 51.5 Å². The Bertz CT molecular complexity index is 697. The van der Waals surface area contributed by atoms with Crippen molar-refractivity contribution in [3.63, 3.8) is 0 Å². The molecule has 0 heterocycles. The predicted molar refractivity (Wildman–Crippen MR) is 84.5 cm³/mol. The first-order valence-corrected chi connectivity index (χ1v) is 8.69. The number of carbonyl (C=O) groups excluding carboxylic acids is 1. The standard InChI is InChI=1S/C15H22F2N2O3S/c1-6-9(2)14(20)18-12-8-13(11(17)7-10(12)16)23(21,22)19-15(3,4)5/h7-9,19H,6H2,1-5H3,(H,18,20)/t9-/m0/s1. The second-order valence-corrected chi connectivity index (χ2v) is 8.07. The van der Waals surface area contributed by atoms with Crippen LogP contribution in [0.3, 0.4) is 0 Å². The summed E-state index contributed by atoms with van der Waals surface area (Å²) in [6, 6.07) is 1.24. The first kappa shape index (κ1) is 19.5. The normalized spacial score (nSPS) is 13.7. The van der Waals surface area contributed by atoms with Gasteiger partial charge in [-0.2, -0.15) is 0 Å². The molecule has 1 rings (SSSR count). The van der Waals surface area contributed by atoms with Crippen LogP contribution in [0.2, 0.25) is 0 Å². The summed E-state index contributed by atoms with van der Waals surface area (Å²) in [5.41, 5.74) is -1.20. The summed E-state index contributed by atoms with van der Waals surface area (Å²) in [5.74, 6) is -3.10. The molecule has 1 aromatic carbocycles. The maximum atomic E-state index is 13.9. The molecule has 130 valence electrons. The van der Waals surface area contributed by atoms with Gasteiger partial charge in [0.05, 0.1) is 5.69 Å². The van der Waals surface area contributed by atoms with E-state index < -0.39 is 38.0 Å². The summed E-state index contributed by atoms with van der Waals surface area (Å²) in [5, 5.41) is 2.29. The molecule has 2 N–H and O–H groups in total. The van der Waals surface area contributed by atoms with E-state index >= 15 is 0 Å². The van der Waals surface area contributed by atoms with Gasteiger partial charge < -0.3 is 5.32 Å². The molecule has 0 aliphatic heterocycles. The quantitative estimate of drug-likeness (QED) is 0.859. The molecule has 23 heavy (non-hydrogen) atoms. The second kappa shape index (κ2) is 6.92. The fourth-order valence-electron chi connectivity index (χ4n) is 1.73. The van der Waals surface area contributed by atoms with Crippen molar-refractivity contribution >= 4 is 21.6 Å². The third-order valence-electron chi connectivity index (χ3n) is 3.07. The molecule has 1 amide bonds. The number of rotatable bonds is 5. The number of hydrogen-bond acceptors (Lipinski definition) is 3. The van der Waals surface area contributed by atoms with Gasteiger partial charge in [0.1, 0.15) is 16.5 Å². The SMILES string of the molecule is CC[C@H](C)C(=O)Nc1cc(S(=O)(=O)NC(C)(C)C)c(F)cc1F. The van der Waals surface area contributed by atoms with Crippen LogP contribution in [0.25, 0.3) is 0 Å². The highest BCUT2D eigenvalue weighted by Crippen LogP contribution is 2.24. The fourth-order valence-corrected chi connectivity index (χ4v) is 3.24. The van der Waals surface area contributed by atoms with Crippen molar-refractivity contribution in [2.24, 2.45) is 5.92 Å². The van der Waals surface area contributed by atoms with E-state index in [1.54, 1.807) is 34.6 Å². The third-order valence-corrected chi connectivity index (χ3v) is 4.84. The molecule has 0 spiro atoms. The van der Waals surface area contributed by atoms with Crippen molar-refractivity contribution in [1.82, 2.24) is 4.72 Å². The van der Waals surface area contributed by atoms with Crippen LogP contribution in [0, 0.1) is 17.6 Å². The zero-order valence-electron chi connectivity index (χ0n) is 13.8. The molecule has 1 aromatic rings. The van der Waals surface area contributed by atoms with Gasteiger partial charge in [0, 0.05) is 17.5 Å². The molecule has 0 aliphatic rings. The topological polar surface area (TPSA) is 75.3 Å². The number of amides is 1. The molecule has 0 unspecified atom stereocenters. The van der Waals surface area contributed by atoms with E-state index in [9.17, 15) is 22.0 Å². The van der Waals surface area contributed by atoms with Crippen molar-refractivity contribution in [3.05, 3.63) is 23.8 Å². The summed E-state index contributed by atoms with van der Waals surface area (Å²) in [7, 11) is -4.19. The van der Waals surface area contributed by atoms with Gasteiger partial charge in [-0.25, -0.2) is 21.9 Å². The smallest absolute Gasteiger partial charge is 0.244 e. The van der Waals surface area contributed by atoms with Crippen LogP contribution >= 0.6 is 0 Å².